The normalized spacial score (nSPS) is 11.1. The van der Waals surface area contributed by atoms with Gasteiger partial charge in [-0.2, -0.15) is 0 Å². The number of halogens is 3. The molecule has 5 heteroatoms. The summed E-state index contributed by atoms with van der Waals surface area (Å²) >= 11 is 0. The van der Waals surface area contributed by atoms with Gasteiger partial charge in [0.1, 0.15) is 0 Å². The Morgan fingerprint density at radius 2 is 1.47 bits per heavy atom. The van der Waals surface area contributed by atoms with Crippen molar-refractivity contribution in [1.82, 2.24) is 0 Å². The fourth-order valence-electron chi connectivity index (χ4n) is 1.79. The molecule has 0 spiro atoms. The van der Waals surface area contributed by atoms with Gasteiger partial charge in [0.2, 0.25) is 0 Å². The largest absolute Gasteiger partial charge is 0.489 e. The summed E-state index contributed by atoms with van der Waals surface area (Å²) < 4.78 is 39.7. The summed E-state index contributed by atoms with van der Waals surface area (Å²) in [6.07, 6.45) is -4.20. The van der Waals surface area contributed by atoms with Crippen molar-refractivity contribution in [2.24, 2.45) is 0 Å². The molecule has 0 bridgehead atoms. The summed E-state index contributed by atoms with van der Waals surface area (Å²) in [7, 11) is 0. The number of nitrogens with zero attached hydrogens (tertiary/aromatic N) is 1. The van der Waals surface area contributed by atoms with E-state index in [4.69, 9.17) is 0 Å². The zero-order valence-electron chi connectivity index (χ0n) is 9.76. The Bertz CT molecular complexity index is 566. The molecule has 0 aliphatic rings. The molecule has 0 N–H and O–H groups in total. The highest BCUT2D eigenvalue weighted by molar-refractivity contribution is 5.87. The Hall–Kier alpha value is -2.30. The molecule has 19 heavy (non-hydrogen) atoms. The molecule has 0 atom stereocenters. The molecule has 0 aromatic heterocycles. The van der Waals surface area contributed by atoms with Gasteiger partial charge in [-0.1, -0.05) is 30.3 Å². The Kier molecular flexibility index (Phi) is 3.55. The summed E-state index contributed by atoms with van der Waals surface area (Å²) in [5.41, 5.74) is -0.232. The molecule has 0 amide bonds. The van der Waals surface area contributed by atoms with E-state index in [1.54, 1.807) is 6.07 Å². The van der Waals surface area contributed by atoms with Gasteiger partial charge >= 0.3 is 6.30 Å². The first-order chi connectivity index (χ1) is 9.04. The second-order valence-electron chi connectivity index (χ2n) is 3.82. The van der Waals surface area contributed by atoms with Gasteiger partial charge in [-0.15, -0.1) is 13.2 Å². The lowest BCUT2D eigenvalue weighted by Crippen LogP contribution is -2.34. The highest BCUT2D eigenvalue weighted by Crippen LogP contribution is 2.37. The minimum absolute atomic E-state index is 0.0105. The molecule has 2 rings (SSSR count). The van der Waals surface area contributed by atoms with E-state index in [2.05, 4.69) is 0 Å². The SMILES string of the molecule is O=Cc1ccccc1N(c1ccccc1)C(F)(F)F. The third-order valence-electron chi connectivity index (χ3n) is 2.57. The predicted octanol–water partition coefficient (Wildman–Crippen LogP) is 4.16. The summed E-state index contributed by atoms with van der Waals surface area (Å²) in [6.45, 7) is 0. The van der Waals surface area contributed by atoms with Gasteiger partial charge in [-0.25, -0.2) is 0 Å². The van der Waals surface area contributed by atoms with Crippen LogP contribution in [0.4, 0.5) is 24.5 Å². The van der Waals surface area contributed by atoms with E-state index in [-0.39, 0.29) is 21.8 Å². The zero-order chi connectivity index (χ0) is 13.9. The van der Waals surface area contributed by atoms with Crippen molar-refractivity contribution in [1.29, 1.82) is 0 Å². The van der Waals surface area contributed by atoms with Crippen molar-refractivity contribution in [2.45, 2.75) is 6.30 Å². The minimum atomic E-state index is -4.61. The Morgan fingerprint density at radius 1 is 0.895 bits per heavy atom. The Labute approximate surface area is 108 Å². The highest BCUT2D eigenvalue weighted by Gasteiger charge is 2.39. The second-order valence-corrected chi connectivity index (χ2v) is 3.82. The van der Waals surface area contributed by atoms with E-state index >= 15 is 0 Å². The zero-order valence-corrected chi connectivity index (χ0v) is 9.76. The second kappa shape index (κ2) is 5.14. The van der Waals surface area contributed by atoms with E-state index in [9.17, 15) is 18.0 Å². The lowest BCUT2D eigenvalue weighted by molar-refractivity contribution is -0.120. The van der Waals surface area contributed by atoms with E-state index < -0.39 is 6.30 Å². The molecule has 2 nitrogen and oxygen atoms in total. The number of carbonyl (C=O) groups is 1. The average molecular weight is 265 g/mol. The molecule has 0 radical (unpaired) electrons. The summed E-state index contributed by atoms with van der Waals surface area (Å²) in [5, 5.41) is 0. The molecule has 0 unspecified atom stereocenters. The highest BCUT2D eigenvalue weighted by atomic mass is 19.4. The summed E-state index contributed by atoms with van der Waals surface area (Å²) in [6, 6.07) is 12.9. The lowest BCUT2D eigenvalue weighted by atomic mass is 10.1. The van der Waals surface area contributed by atoms with Gasteiger partial charge in [0.15, 0.2) is 6.29 Å². The third kappa shape index (κ3) is 2.76. The fraction of sp³-hybridized carbons (Fsp3) is 0.0714. The van der Waals surface area contributed by atoms with Crippen LogP contribution in [0.3, 0.4) is 0 Å². The van der Waals surface area contributed by atoms with Crippen LogP contribution in [0, 0.1) is 0 Å². The first-order valence-corrected chi connectivity index (χ1v) is 5.50. The van der Waals surface area contributed by atoms with Crippen LogP contribution in [0.1, 0.15) is 10.4 Å². The summed E-state index contributed by atoms with van der Waals surface area (Å²) in [5.74, 6) is 0. The molecule has 0 aliphatic carbocycles. The number of anilines is 2. The van der Waals surface area contributed by atoms with Crippen LogP contribution in [0.25, 0.3) is 0 Å². The van der Waals surface area contributed by atoms with E-state index in [0.717, 1.165) is 0 Å². The van der Waals surface area contributed by atoms with Gasteiger partial charge in [0.25, 0.3) is 0 Å². The molecule has 0 heterocycles. The average Bonchev–Trinajstić information content (AvgIpc) is 2.39. The predicted molar refractivity (Wildman–Crippen MR) is 66.5 cm³/mol. The maximum Gasteiger partial charge on any atom is 0.489 e. The van der Waals surface area contributed by atoms with Crippen LogP contribution in [0.2, 0.25) is 0 Å². The summed E-state index contributed by atoms with van der Waals surface area (Å²) in [4.78, 5) is 11.1. The van der Waals surface area contributed by atoms with Gasteiger partial charge in [-0.3, -0.25) is 9.69 Å². The lowest BCUT2D eigenvalue weighted by Gasteiger charge is -2.28. The van der Waals surface area contributed by atoms with Crippen LogP contribution in [0.15, 0.2) is 54.6 Å². The van der Waals surface area contributed by atoms with Crippen molar-refractivity contribution in [3.8, 4) is 0 Å². The number of alkyl halides is 3. The Balaban J connectivity index is 2.60. The quantitative estimate of drug-likeness (QED) is 0.613. The van der Waals surface area contributed by atoms with Gasteiger partial charge in [-0.05, 0) is 24.3 Å². The topological polar surface area (TPSA) is 20.3 Å². The molecular weight excluding hydrogens is 255 g/mol. The number of para-hydroxylation sites is 2. The number of hydrogen-bond donors (Lipinski definition) is 0. The van der Waals surface area contributed by atoms with Crippen molar-refractivity contribution in [3.05, 3.63) is 60.2 Å². The number of carbonyl (C=O) groups excluding carboxylic acids is 1. The molecule has 0 aliphatic heterocycles. The third-order valence-corrected chi connectivity index (χ3v) is 2.57. The van der Waals surface area contributed by atoms with Gasteiger partial charge in [0, 0.05) is 11.3 Å². The first-order valence-electron chi connectivity index (χ1n) is 5.50. The van der Waals surface area contributed by atoms with Crippen LogP contribution in [-0.2, 0) is 0 Å². The number of benzene rings is 2. The van der Waals surface area contributed by atoms with Crippen LogP contribution in [-0.4, -0.2) is 12.6 Å². The van der Waals surface area contributed by atoms with Crippen molar-refractivity contribution in [3.63, 3.8) is 0 Å². The maximum atomic E-state index is 13.2. The van der Waals surface area contributed by atoms with E-state index in [1.165, 1.54) is 48.5 Å². The number of hydrogen-bond acceptors (Lipinski definition) is 2. The molecule has 0 fully saturated rings. The maximum absolute atomic E-state index is 13.2. The number of aldehydes is 1. The molecule has 2 aromatic rings. The smallest absolute Gasteiger partial charge is 0.298 e. The monoisotopic (exact) mass is 265 g/mol. The fourth-order valence-corrected chi connectivity index (χ4v) is 1.79. The first kappa shape index (κ1) is 13.1. The van der Waals surface area contributed by atoms with Crippen molar-refractivity contribution in [2.75, 3.05) is 4.90 Å². The number of rotatable bonds is 3. The van der Waals surface area contributed by atoms with E-state index in [0.29, 0.717) is 6.29 Å². The molecular formula is C14H10F3NO. The van der Waals surface area contributed by atoms with E-state index in [1.807, 2.05) is 0 Å². The molecule has 98 valence electrons. The molecule has 2 aromatic carbocycles. The Morgan fingerprint density at radius 3 is 2.05 bits per heavy atom. The molecule has 0 saturated carbocycles. The minimum Gasteiger partial charge on any atom is -0.298 e. The standard InChI is InChI=1S/C14H10F3NO/c15-14(16,17)18(12-7-2-1-3-8-12)13-9-5-4-6-11(13)10-19/h1-10H. The van der Waals surface area contributed by atoms with Gasteiger partial charge in [0.05, 0.1) is 5.69 Å². The molecule has 0 saturated heterocycles. The van der Waals surface area contributed by atoms with Crippen LogP contribution < -0.4 is 4.90 Å². The van der Waals surface area contributed by atoms with Crippen molar-refractivity contribution < 1.29 is 18.0 Å². The van der Waals surface area contributed by atoms with Crippen LogP contribution >= 0.6 is 0 Å². The van der Waals surface area contributed by atoms with Gasteiger partial charge < -0.3 is 0 Å². The van der Waals surface area contributed by atoms with Crippen molar-refractivity contribution >= 4 is 17.7 Å². The van der Waals surface area contributed by atoms with Crippen LogP contribution in [0.5, 0.6) is 0 Å².